The molecule has 12 heavy (non-hydrogen) atoms. The third kappa shape index (κ3) is 2.46. The van der Waals surface area contributed by atoms with Gasteiger partial charge in [0.1, 0.15) is 0 Å². The molecule has 4 heteroatoms. The van der Waals surface area contributed by atoms with Crippen LogP contribution < -0.4 is 5.32 Å². The first-order valence-electron chi connectivity index (χ1n) is 4.29. The van der Waals surface area contributed by atoms with E-state index in [1.165, 1.54) is 0 Å². The van der Waals surface area contributed by atoms with Crippen molar-refractivity contribution in [1.29, 1.82) is 0 Å². The van der Waals surface area contributed by atoms with Crippen LogP contribution in [-0.4, -0.2) is 36.9 Å². The summed E-state index contributed by atoms with van der Waals surface area (Å²) < 4.78 is 4.84. The monoisotopic (exact) mass is 173 g/mol. The van der Waals surface area contributed by atoms with E-state index in [0.717, 1.165) is 0 Å². The van der Waals surface area contributed by atoms with Gasteiger partial charge in [-0.15, -0.1) is 0 Å². The lowest BCUT2D eigenvalue weighted by molar-refractivity contribution is -0.149. The normalized spacial score (nSPS) is 29.8. The Morgan fingerprint density at radius 2 is 2.42 bits per heavy atom. The first-order valence-corrected chi connectivity index (χ1v) is 4.29. The highest BCUT2D eigenvalue weighted by atomic mass is 16.5. The van der Waals surface area contributed by atoms with Crippen molar-refractivity contribution in [2.75, 3.05) is 19.7 Å². The molecule has 0 aliphatic carbocycles. The van der Waals surface area contributed by atoms with Gasteiger partial charge in [-0.05, 0) is 13.3 Å². The standard InChI is InChI=1S/C8H15NO3/c1-2-12-8(11)6-3-7(10)5-9-4-6/h6-7,9-10H,2-5H2,1H3. The molecular weight excluding hydrogens is 158 g/mol. The van der Waals surface area contributed by atoms with Gasteiger partial charge in [-0.3, -0.25) is 4.79 Å². The summed E-state index contributed by atoms with van der Waals surface area (Å²) in [5.41, 5.74) is 0. The fourth-order valence-corrected chi connectivity index (χ4v) is 1.36. The highest BCUT2D eigenvalue weighted by Crippen LogP contribution is 2.11. The molecule has 2 unspecified atom stereocenters. The quantitative estimate of drug-likeness (QED) is 0.554. The number of aliphatic hydroxyl groups is 1. The number of aliphatic hydroxyl groups excluding tert-OH is 1. The Hall–Kier alpha value is -0.610. The van der Waals surface area contributed by atoms with Gasteiger partial charge in [0.2, 0.25) is 0 Å². The minimum atomic E-state index is -0.409. The van der Waals surface area contributed by atoms with E-state index in [9.17, 15) is 9.90 Å². The number of carbonyl (C=O) groups excluding carboxylic acids is 1. The number of ether oxygens (including phenoxy) is 1. The second kappa shape index (κ2) is 4.42. The van der Waals surface area contributed by atoms with Crippen molar-refractivity contribution in [2.45, 2.75) is 19.4 Å². The summed E-state index contributed by atoms with van der Waals surface area (Å²) >= 11 is 0. The maximum Gasteiger partial charge on any atom is 0.310 e. The van der Waals surface area contributed by atoms with Gasteiger partial charge >= 0.3 is 5.97 Å². The molecular formula is C8H15NO3. The minimum absolute atomic E-state index is 0.173. The highest BCUT2D eigenvalue weighted by molar-refractivity contribution is 5.72. The zero-order chi connectivity index (χ0) is 8.97. The van der Waals surface area contributed by atoms with E-state index >= 15 is 0 Å². The predicted molar refractivity (Wildman–Crippen MR) is 43.6 cm³/mol. The molecule has 1 saturated heterocycles. The molecule has 0 radical (unpaired) electrons. The molecule has 1 aliphatic rings. The number of nitrogens with one attached hydrogen (secondary N) is 1. The molecule has 70 valence electrons. The van der Waals surface area contributed by atoms with Crippen molar-refractivity contribution in [2.24, 2.45) is 5.92 Å². The van der Waals surface area contributed by atoms with Crippen molar-refractivity contribution >= 4 is 5.97 Å². The van der Waals surface area contributed by atoms with Crippen LogP contribution in [-0.2, 0) is 9.53 Å². The average molecular weight is 173 g/mol. The Kier molecular flexibility index (Phi) is 3.49. The maximum atomic E-state index is 11.2. The largest absolute Gasteiger partial charge is 0.466 e. The molecule has 1 rings (SSSR count). The zero-order valence-corrected chi connectivity index (χ0v) is 7.25. The Balaban J connectivity index is 2.35. The Bertz CT molecular complexity index is 160. The van der Waals surface area contributed by atoms with E-state index in [-0.39, 0.29) is 11.9 Å². The SMILES string of the molecule is CCOC(=O)C1CNCC(O)C1. The minimum Gasteiger partial charge on any atom is -0.466 e. The van der Waals surface area contributed by atoms with Crippen molar-refractivity contribution in [3.63, 3.8) is 0 Å². The third-order valence-corrected chi connectivity index (χ3v) is 1.95. The Morgan fingerprint density at radius 3 is 3.00 bits per heavy atom. The van der Waals surface area contributed by atoms with Gasteiger partial charge in [-0.1, -0.05) is 0 Å². The Morgan fingerprint density at radius 1 is 1.67 bits per heavy atom. The van der Waals surface area contributed by atoms with E-state index in [1.54, 1.807) is 6.92 Å². The fourth-order valence-electron chi connectivity index (χ4n) is 1.36. The van der Waals surface area contributed by atoms with Gasteiger partial charge in [0.25, 0.3) is 0 Å². The molecule has 1 aliphatic heterocycles. The average Bonchev–Trinajstić information content (AvgIpc) is 2.05. The molecule has 0 aromatic rings. The van der Waals surface area contributed by atoms with E-state index < -0.39 is 6.10 Å². The summed E-state index contributed by atoms with van der Waals surface area (Å²) in [5, 5.41) is 12.2. The third-order valence-electron chi connectivity index (χ3n) is 1.95. The molecule has 2 N–H and O–H groups in total. The van der Waals surface area contributed by atoms with Crippen LogP contribution in [0.3, 0.4) is 0 Å². The van der Waals surface area contributed by atoms with Crippen LogP contribution >= 0.6 is 0 Å². The summed E-state index contributed by atoms with van der Waals surface area (Å²) in [6.45, 7) is 3.39. The summed E-state index contributed by atoms with van der Waals surface area (Å²) in [7, 11) is 0. The van der Waals surface area contributed by atoms with Gasteiger partial charge < -0.3 is 15.2 Å². The van der Waals surface area contributed by atoms with Gasteiger partial charge in [0.15, 0.2) is 0 Å². The second-order valence-electron chi connectivity index (χ2n) is 3.00. The predicted octanol–water partition coefficient (Wildman–Crippen LogP) is -0.480. The number of hydrogen-bond donors (Lipinski definition) is 2. The topological polar surface area (TPSA) is 58.6 Å². The lowest BCUT2D eigenvalue weighted by atomic mass is 9.98. The zero-order valence-electron chi connectivity index (χ0n) is 7.25. The van der Waals surface area contributed by atoms with Crippen molar-refractivity contribution < 1.29 is 14.6 Å². The molecule has 0 bridgehead atoms. The van der Waals surface area contributed by atoms with Crippen molar-refractivity contribution in [1.82, 2.24) is 5.32 Å². The summed E-state index contributed by atoms with van der Waals surface area (Å²) in [5.74, 6) is -0.377. The number of hydrogen-bond acceptors (Lipinski definition) is 4. The van der Waals surface area contributed by atoms with Crippen LogP contribution in [0.5, 0.6) is 0 Å². The van der Waals surface area contributed by atoms with Crippen molar-refractivity contribution in [3.8, 4) is 0 Å². The number of rotatable bonds is 2. The number of carbonyl (C=O) groups is 1. The highest BCUT2D eigenvalue weighted by Gasteiger charge is 2.26. The summed E-state index contributed by atoms with van der Waals surface area (Å²) in [6.07, 6.45) is 0.111. The fraction of sp³-hybridized carbons (Fsp3) is 0.875. The molecule has 0 saturated carbocycles. The first-order chi connectivity index (χ1) is 5.74. The number of piperidine rings is 1. The molecule has 4 nitrogen and oxygen atoms in total. The smallest absolute Gasteiger partial charge is 0.310 e. The molecule has 1 heterocycles. The Labute approximate surface area is 71.9 Å². The van der Waals surface area contributed by atoms with Crippen LogP contribution in [0.15, 0.2) is 0 Å². The van der Waals surface area contributed by atoms with Crippen LogP contribution in [0.4, 0.5) is 0 Å². The molecule has 0 spiro atoms. The summed E-state index contributed by atoms with van der Waals surface area (Å²) in [6, 6.07) is 0. The lowest BCUT2D eigenvalue weighted by Gasteiger charge is -2.24. The molecule has 0 aromatic carbocycles. The maximum absolute atomic E-state index is 11.2. The van der Waals surface area contributed by atoms with Gasteiger partial charge in [-0.2, -0.15) is 0 Å². The van der Waals surface area contributed by atoms with E-state index in [4.69, 9.17) is 4.74 Å². The van der Waals surface area contributed by atoms with Crippen LogP contribution in [0, 0.1) is 5.92 Å². The van der Waals surface area contributed by atoms with Gasteiger partial charge in [0.05, 0.1) is 18.6 Å². The number of β-amino-alcohol motifs (C(OH)–C–C–N with tert-alkyl or cyclic N) is 1. The van der Waals surface area contributed by atoms with E-state index in [0.29, 0.717) is 26.1 Å². The lowest BCUT2D eigenvalue weighted by Crippen LogP contribution is -2.42. The van der Waals surface area contributed by atoms with Gasteiger partial charge in [0, 0.05) is 13.1 Å². The molecule has 0 aromatic heterocycles. The number of esters is 1. The van der Waals surface area contributed by atoms with Crippen LogP contribution in [0.25, 0.3) is 0 Å². The first kappa shape index (κ1) is 9.48. The van der Waals surface area contributed by atoms with E-state index in [2.05, 4.69) is 5.32 Å². The van der Waals surface area contributed by atoms with Gasteiger partial charge in [-0.25, -0.2) is 0 Å². The summed E-state index contributed by atoms with van der Waals surface area (Å²) in [4.78, 5) is 11.2. The second-order valence-corrected chi connectivity index (χ2v) is 3.00. The molecule has 0 amide bonds. The van der Waals surface area contributed by atoms with Crippen molar-refractivity contribution in [3.05, 3.63) is 0 Å². The van der Waals surface area contributed by atoms with Crippen LogP contribution in [0.1, 0.15) is 13.3 Å². The molecule has 2 atom stereocenters. The van der Waals surface area contributed by atoms with E-state index in [1.807, 2.05) is 0 Å². The molecule has 1 fully saturated rings. The van der Waals surface area contributed by atoms with Crippen LogP contribution in [0.2, 0.25) is 0 Å².